The highest BCUT2D eigenvalue weighted by molar-refractivity contribution is 6.32. The Bertz CT molecular complexity index is 1410. The van der Waals surface area contributed by atoms with Gasteiger partial charge in [-0.15, -0.1) is 0 Å². The molecule has 2 heterocycles. The number of aliphatic hydroxyl groups excluding tert-OH is 1. The number of carboxylic acids is 1. The first-order valence-corrected chi connectivity index (χ1v) is 12.4. The number of aromatic nitrogens is 1. The Morgan fingerprint density at radius 2 is 1.97 bits per heavy atom. The first kappa shape index (κ1) is 27.7. The third-order valence-electron chi connectivity index (χ3n) is 7.08. The third kappa shape index (κ3) is 5.88. The molecule has 0 unspecified atom stereocenters. The Labute approximate surface area is 223 Å². The minimum atomic E-state index is -1.30. The molecule has 2 aromatic carbocycles. The quantitative estimate of drug-likeness (QED) is 0.307. The zero-order chi connectivity index (χ0) is 27.4. The SMILES string of the molecule is COc1ccc2ncc(Cl)c([C@H](O)CCC3(C(=O)O)CCN(CC#Cc4cc(F)cc(F)c4F)CC3)c2c1. The number of rotatable bonds is 7. The zero-order valence-corrected chi connectivity index (χ0v) is 21.4. The third-order valence-corrected chi connectivity index (χ3v) is 7.38. The number of methoxy groups -OCH3 is 1. The molecular formula is C28H26ClF3N2O4. The van der Waals surface area contributed by atoms with Gasteiger partial charge < -0.3 is 14.9 Å². The van der Waals surface area contributed by atoms with E-state index in [9.17, 15) is 28.2 Å². The summed E-state index contributed by atoms with van der Waals surface area (Å²) in [4.78, 5) is 18.5. The standard InChI is InChI=1S/C28H26ClF3N2O4/c1-38-19-4-5-23-20(15-19)25(21(29)16-33-23)24(35)6-7-28(27(36)37)8-11-34(12-9-28)10-2-3-17-13-18(30)14-22(31)26(17)32/h4-5,13-16,24,35H,6-12H2,1H3,(H,36,37)/t24-/m1/s1. The van der Waals surface area contributed by atoms with Gasteiger partial charge in [-0.2, -0.15) is 0 Å². The van der Waals surface area contributed by atoms with E-state index >= 15 is 0 Å². The van der Waals surface area contributed by atoms with Gasteiger partial charge in [0.2, 0.25) is 0 Å². The average molecular weight is 547 g/mol. The lowest BCUT2D eigenvalue weighted by Crippen LogP contribution is -2.44. The van der Waals surface area contributed by atoms with Gasteiger partial charge in [0.25, 0.3) is 0 Å². The largest absolute Gasteiger partial charge is 0.497 e. The van der Waals surface area contributed by atoms with Crippen molar-refractivity contribution in [2.75, 3.05) is 26.7 Å². The highest BCUT2D eigenvalue weighted by Gasteiger charge is 2.41. The smallest absolute Gasteiger partial charge is 0.309 e. The number of pyridine rings is 1. The number of hydrogen-bond donors (Lipinski definition) is 2. The highest BCUT2D eigenvalue weighted by Crippen LogP contribution is 2.41. The van der Waals surface area contributed by atoms with Crippen LogP contribution in [0, 0.1) is 34.7 Å². The Kier molecular flexibility index (Phi) is 8.46. The lowest BCUT2D eigenvalue weighted by Gasteiger charge is -2.38. The number of halogens is 4. The summed E-state index contributed by atoms with van der Waals surface area (Å²) in [5.41, 5.74) is -0.305. The molecule has 0 aliphatic carbocycles. The molecule has 38 heavy (non-hydrogen) atoms. The first-order chi connectivity index (χ1) is 18.1. The summed E-state index contributed by atoms with van der Waals surface area (Å²) in [6.45, 7) is 1.01. The molecule has 1 aromatic heterocycles. The molecule has 0 radical (unpaired) electrons. The summed E-state index contributed by atoms with van der Waals surface area (Å²) < 4.78 is 45.8. The van der Waals surface area contributed by atoms with Gasteiger partial charge in [0.05, 0.1) is 41.3 Å². The van der Waals surface area contributed by atoms with E-state index in [0.717, 1.165) is 6.07 Å². The second-order valence-corrected chi connectivity index (χ2v) is 9.78. The van der Waals surface area contributed by atoms with Gasteiger partial charge in [0, 0.05) is 36.3 Å². The number of fused-ring (bicyclic) bond motifs is 1. The fourth-order valence-corrected chi connectivity index (χ4v) is 5.07. The summed E-state index contributed by atoms with van der Waals surface area (Å²) >= 11 is 6.39. The Morgan fingerprint density at radius 1 is 1.24 bits per heavy atom. The Balaban J connectivity index is 1.42. The molecule has 1 aliphatic heterocycles. The van der Waals surface area contributed by atoms with Crippen LogP contribution in [0.15, 0.2) is 36.5 Å². The van der Waals surface area contributed by atoms with Crippen molar-refractivity contribution in [3.8, 4) is 17.6 Å². The molecule has 200 valence electrons. The first-order valence-electron chi connectivity index (χ1n) is 12.0. The molecule has 0 saturated carbocycles. The molecule has 10 heteroatoms. The minimum Gasteiger partial charge on any atom is -0.497 e. The normalized spacial score (nSPS) is 16.1. The predicted molar refractivity (Wildman–Crippen MR) is 136 cm³/mol. The number of nitrogens with zero attached hydrogens (tertiary/aromatic N) is 2. The fraction of sp³-hybridized carbons (Fsp3) is 0.357. The molecule has 3 aromatic rings. The van der Waals surface area contributed by atoms with Gasteiger partial charge >= 0.3 is 5.97 Å². The van der Waals surface area contributed by atoms with Crippen molar-refractivity contribution in [3.05, 3.63) is 70.1 Å². The Morgan fingerprint density at radius 3 is 2.66 bits per heavy atom. The van der Waals surface area contributed by atoms with E-state index in [2.05, 4.69) is 16.8 Å². The summed E-state index contributed by atoms with van der Waals surface area (Å²) in [5.74, 6) is 1.37. The molecule has 4 rings (SSSR count). The molecule has 1 fully saturated rings. The van der Waals surface area contributed by atoms with Crippen molar-refractivity contribution in [2.45, 2.75) is 31.8 Å². The monoisotopic (exact) mass is 546 g/mol. The molecule has 1 atom stereocenters. The van der Waals surface area contributed by atoms with Crippen LogP contribution in [-0.2, 0) is 4.79 Å². The van der Waals surface area contributed by atoms with Crippen molar-refractivity contribution < 1.29 is 32.9 Å². The van der Waals surface area contributed by atoms with Gasteiger partial charge in [-0.25, -0.2) is 13.2 Å². The van der Waals surface area contributed by atoms with Crippen LogP contribution in [0.25, 0.3) is 10.9 Å². The number of benzene rings is 2. The summed E-state index contributed by atoms with van der Waals surface area (Å²) in [6, 6.07) is 6.54. The average Bonchev–Trinajstić information content (AvgIpc) is 2.90. The number of carbonyl (C=O) groups is 1. The van der Waals surface area contributed by atoms with Crippen molar-refractivity contribution in [3.63, 3.8) is 0 Å². The lowest BCUT2D eigenvalue weighted by atomic mass is 9.74. The number of carboxylic acid groups (broad SMARTS) is 1. The Hall–Kier alpha value is -3.32. The summed E-state index contributed by atoms with van der Waals surface area (Å²) in [7, 11) is 1.53. The number of aliphatic hydroxyl groups is 1. The van der Waals surface area contributed by atoms with Gasteiger partial charge in [-0.05, 0) is 49.9 Å². The number of aliphatic carboxylic acids is 1. The molecule has 1 aliphatic rings. The maximum Gasteiger partial charge on any atom is 0.309 e. The van der Waals surface area contributed by atoms with Crippen LogP contribution < -0.4 is 4.74 Å². The molecule has 2 N–H and O–H groups in total. The van der Waals surface area contributed by atoms with Crippen LogP contribution in [-0.4, -0.2) is 52.8 Å². The number of ether oxygens (including phenoxy) is 1. The predicted octanol–water partition coefficient (Wildman–Crippen LogP) is 5.35. The van der Waals surface area contributed by atoms with E-state index in [-0.39, 0.29) is 30.0 Å². The van der Waals surface area contributed by atoms with Crippen LogP contribution >= 0.6 is 11.6 Å². The van der Waals surface area contributed by atoms with Gasteiger partial charge in [-0.3, -0.25) is 14.7 Å². The van der Waals surface area contributed by atoms with E-state index in [4.69, 9.17) is 16.3 Å². The molecule has 1 saturated heterocycles. The second kappa shape index (κ2) is 11.6. The molecular weight excluding hydrogens is 521 g/mol. The van der Waals surface area contributed by atoms with E-state index in [1.54, 1.807) is 18.2 Å². The van der Waals surface area contributed by atoms with E-state index < -0.39 is 34.9 Å². The number of piperidine rings is 1. The van der Waals surface area contributed by atoms with Crippen molar-refractivity contribution in [1.82, 2.24) is 9.88 Å². The maximum atomic E-state index is 13.8. The summed E-state index contributed by atoms with van der Waals surface area (Å²) in [5, 5.41) is 22.1. The van der Waals surface area contributed by atoms with E-state index in [0.29, 0.717) is 54.2 Å². The molecule has 6 nitrogen and oxygen atoms in total. The highest BCUT2D eigenvalue weighted by atomic mass is 35.5. The minimum absolute atomic E-state index is 0.173. The zero-order valence-electron chi connectivity index (χ0n) is 20.6. The van der Waals surface area contributed by atoms with Crippen molar-refractivity contribution in [1.29, 1.82) is 0 Å². The van der Waals surface area contributed by atoms with Crippen molar-refractivity contribution >= 4 is 28.5 Å². The van der Waals surface area contributed by atoms with E-state index in [1.807, 2.05) is 4.90 Å². The summed E-state index contributed by atoms with van der Waals surface area (Å²) in [6.07, 6.45) is 1.48. The maximum absolute atomic E-state index is 13.8. The van der Waals surface area contributed by atoms with Crippen LogP contribution in [0.3, 0.4) is 0 Å². The number of hydrogen-bond acceptors (Lipinski definition) is 5. The molecule has 0 amide bonds. The topological polar surface area (TPSA) is 82.9 Å². The molecule has 0 spiro atoms. The molecule has 0 bridgehead atoms. The van der Waals surface area contributed by atoms with Gasteiger partial charge in [-0.1, -0.05) is 23.4 Å². The number of likely N-dealkylation sites (tertiary alicyclic amines) is 1. The van der Waals surface area contributed by atoms with Gasteiger partial charge in [0.15, 0.2) is 11.6 Å². The van der Waals surface area contributed by atoms with Crippen LogP contribution in [0.2, 0.25) is 5.02 Å². The van der Waals surface area contributed by atoms with Crippen molar-refractivity contribution in [2.24, 2.45) is 5.41 Å². The van der Waals surface area contributed by atoms with E-state index in [1.165, 1.54) is 13.3 Å². The van der Waals surface area contributed by atoms with Gasteiger partial charge in [0.1, 0.15) is 11.6 Å². The second-order valence-electron chi connectivity index (χ2n) is 9.37. The van der Waals surface area contributed by atoms with Crippen LogP contribution in [0.5, 0.6) is 5.75 Å². The fourth-order valence-electron chi connectivity index (χ4n) is 4.79. The van der Waals surface area contributed by atoms with Crippen LogP contribution in [0.4, 0.5) is 13.2 Å². The lowest BCUT2D eigenvalue weighted by molar-refractivity contribution is -0.153. The van der Waals surface area contributed by atoms with Crippen LogP contribution in [0.1, 0.15) is 42.9 Å².